The molecule has 0 radical (unpaired) electrons. The van der Waals surface area contributed by atoms with Crippen LogP contribution in [-0.4, -0.2) is 41.2 Å². The van der Waals surface area contributed by atoms with Crippen molar-refractivity contribution in [2.75, 3.05) is 11.9 Å². The number of benzene rings is 3. The minimum absolute atomic E-state index is 0.0164. The molecule has 1 aliphatic heterocycles. The molecule has 3 aromatic rings. The van der Waals surface area contributed by atoms with Crippen molar-refractivity contribution in [2.24, 2.45) is 17.8 Å². The number of amides is 3. The first-order valence-electron chi connectivity index (χ1n) is 13.6. The molecular formula is C32H28BrClN2O5. The lowest BCUT2D eigenvalue weighted by molar-refractivity contribution is -0.160. The van der Waals surface area contributed by atoms with Gasteiger partial charge in [0, 0.05) is 16.3 Å². The summed E-state index contributed by atoms with van der Waals surface area (Å²) < 4.78 is 6.16. The first kappa shape index (κ1) is 27.7. The molecule has 7 rings (SSSR count). The van der Waals surface area contributed by atoms with Crippen LogP contribution in [0.3, 0.4) is 0 Å². The lowest BCUT2D eigenvalue weighted by Crippen LogP contribution is -2.47. The van der Waals surface area contributed by atoms with E-state index in [0.29, 0.717) is 10.7 Å². The Labute approximate surface area is 251 Å². The summed E-state index contributed by atoms with van der Waals surface area (Å²) in [6.07, 6.45) is 0.227. The van der Waals surface area contributed by atoms with Crippen LogP contribution >= 0.6 is 27.5 Å². The smallest absolute Gasteiger partial charge is 0.329 e. The summed E-state index contributed by atoms with van der Waals surface area (Å²) in [7, 11) is 0. The highest BCUT2D eigenvalue weighted by molar-refractivity contribution is 9.10. The Bertz CT molecular complexity index is 1470. The van der Waals surface area contributed by atoms with Gasteiger partial charge in [-0.05, 0) is 52.8 Å². The maximum absolute atomic E-state index is 14.1. The van der Waals surface area contributed by atoms with Crippen LogP contribution in [0.2, 0.25) is 5.02 Å². The highest BCUT2D eigenvalue weighted by Crippen LogP contribution is 2.61. The van der Waals surface area contributed by atoms with Crippen molar-refractivity contribution in [1.82, 2.24) is 4.90 Å². The van der Waals surface area contributed by atoms with E-state index < -0.39 is 36.4 Å². The second kappa shape index (κ2) is 10.7. The van der Waals surface area contributed by atoms with Crippen LogP contribution in [0.25, 0.3) is 0 Å². The summed E-state index contributed by atoms with van der Waals surface area (Å²) >= 11 is 9.50. The number of hydrogen-bond donors (Lipinski definition) is 1. The number of carbonyl (C=O) groups excluding carboxylic acids is 4. The molecule has 3 aliphatic carbocycles. The van der Waals surface area contributed by atoms with E-state index in [0.717, 1.165) is 31.6 Å². The van der Waals surface area contributed by atoms with Crippen molar-refractivity contribution in [3.63, 3.8) is 0 Å². The zero-order chi connectivity index (χ0) is 29.0. The third kappa shape index (κ3) is 4.67. The number of nitrogens with one attached hydrogen (secondary N) is 1. The van der Waals surface area contributed by atoms with Crippen molar-refractivity contribution in [3.8, 4) is 0 Å². The van der Waals surface area contributed by atoms with Crippen LogP contribution < -0.4 is 5.32 Å². The van der Waals surface area contributed by atoms with Gasteiger partial charge < -0.3 is 10.1 Å². The van der Waals surface area contributed by atoms with E-state index in [9.17, 15) is 19.2 Å². The molecule has 0 saturated carbocycles. The van der Waals surface area contributed by atoms with E-state index in [4.69, 9.17) is 16.3 Å². The van der Waals surface area contributed by atoms with Gasteiger partial charge in [0.2, 0.25) is 11.8 Å². The lowest BCUT2D eigenvalue weighted by atomic mass is 9.55. The van der Waals surface area contributed by atoms with Crippen molar-refractivity contribution in [1.29, 1.82) is 0 Å². The Hall–Kier alpha value is -3.49. The molecule has 3 atom stereocenters. The predicted octanol–water partition coefficient (Wildman–Crippen LogP) is 5.89. The highest BCUT2D eigenvalue weighted by atomic mass is 79.9. The number of nitrogens with zero attached hydrogens (tertiary/aromatic N) is 1. The molecule has 0 aromatic heterocycles. The minimum atomic E-state index is -1.13. The van der Waals surface area contributed by atoms with Gasteiger partial charge in [0.05, 0.1) is 22.5 Å². The van der Waals surface area contributed by atoms with Crippen LogP contribution in [0.5, 0.6) is 0 Å². The first-order chi connectivity index (χ1) is 19.7. The average molecular weight is 636 g/mol. The fourth-order valence-corrected chi connectivity index (χ4v) is 7.49. The second-order valence-corrected chi connectivity index (χ2v) is 12.6. The van der Waals surface area contributed by atoms with Gasteiger partial charge in [-0.2, -0.15) is 0 Å². The SMILES string of the molecule is CC(C)C[C@H](C(=O)OCC(=O)Nc1ccc(Br)cc1Cl)N1C(=O)[C@@H]2C3c4ccccc4C(c4ccccc43)[C@@H]2C1=O. The molecule has 4 aliphatic rings. The summed E-state index contributed by atoms with van der Waals surface area (Å²) in [4.78, 5) is 55.5. The van der Waals surface area contributed by atoms with Crippen LogP contribution in [0.4, 0.5) is 5.69 Å². The van der Waals surface area contributed by atoms with Crippen molar-refractivity contribution in [3.05, 3.63) is 98.5 Å². The zero-order valence-corrected chi connectivity index (χ0v) is 24.8. The molecule has 41 heavy (non-hydrogen) atoms. The normalized spacial score (nSPS) is 22.7. The van der Waals surface area contributed by atoms with Gasteiger partial charge in [-0.3, -0.25) is 19.3 Å². The average Bonchev–Trinajstić information content (AvgIpc) is 3.22. The fraction of sp³-hybridized carbons (Fsp3) is 0.312. The monoisotopic (exact) mass is 634 g/mol. The number of halogens is 2. The van der Waals surface area contributed by atoms with Gasteiger partial charge in [0.25, 0.3) is 5.91 Å². The Balaban J connectivity index is 1.26. The number of carbonyl (C=O) groups is 4. The molecule has 0 spiro atoms. The molecule has 0 unspecified atom stereocenters. The molecule has 3 aromatic carbocycles. The van der Waals surface area contributed by atoms with Crippen molar-refractivity contribution < 1.29 is 23.9 Å². The number of anilines is 1. The van der Waals surface area contributed by atoms with Crippen LogP contribution in [0.15, 0.2) is 71.2 Å². The molecule has 1 saturated heterocycles. The molecule has 7 nitrogen and oxygen atoms in total. The van der Waals surface area contributed by atoms with Gasteiger partial charge in [-0.1, -0.05) is 89.9 Å². The number of esters is 1. The van der Waals surface area contributed by atoms with Crippen LogP contribution in [0, 0.1) is 17.8 Å². The van der Waals surface area contributed by atoms with Gasteiger partial charge in [0.15, 0.2) is 6.61 Å². The maximum atomic E-state index is 14.1. The molecular weight excluding hydrogens is 608 g/mol. The summed E-state index contributed by atoms with van der Waals surface area (Å²) in [5.74, 6) is -3.81. The summed E-state index contributed by atoms with van der Waals surface area (Å²) in [6, 6.07) is 19.8. The van der Waals surface area contributed by atoms with E-state index in [-0.39, 0.29) is 36.0 Å². The molecule has 1 fully saturated rings. The minimum Gasteiger partial charge on any atom is -0.454 e. The molecule has 2 bridgehead atoms. The third-order valence-corrected chi connectivity index (χ3v) is 9.12. The van der Waals surface area contributed by atoms with Gasteiger partial charge in [0.1, 0.15) is 6.04 Å². The molecule has 1 N–H and O–H groups in total. The number of hydrogen-bond acceptors (Lipinski definition) is 5. The largest absolute Gasteiger partial charge is 0.454 e. The lowest BCUT2D eigenvalue weighted by Gasteiger charge is -2.45. The number of imide groups is 1. The standard InChI is InChI=1S/C32H28BrClN2O5/c1-16(2)13-24(32(40)41-15-25(37)35-23-12-11-17(33)14-22(23)34)36-30(38)28-26-18-7-3-4-8-19(18)27(29(28)31(36)39)21-10-6-5-9-20(21)26/h3-12,14,16,24,26-29H,13,15H2,1-2H3,(H,35,37)/t24-,26?,27?,28-,29+/m1/s1. The van der Waals surface area contributed by atoms with Crippen molar-refractivity contribution in [2.45, 2.75) is 38.1 Å². The predicted molar refractivity (Wildman–Crippen MR) is 157 cm³/mol. The quantitative estimate of drug-likeness (QED) is 0.258. The van der Waals surface area contributed by atoms with Gasteiger partial charge in [-0.25, -0.2) is 4.79 Å². The van der Waals surface area contributed by atoms with E-state index >= 15 is 0 Å². The second-order valence-electron chi connectivity index (χ2n) is 11.2. The Morgan fingerprint density at radius 3 is 1.88 bits per heavy atom. The third-order valence-electron chi connectivity index (χ3n) is 8.31. The van der Waals surface area contributed by atoms with E-state index in [1.807, 2.05) is 62.4 Å². The molecule has 3 amide bonds. The number of rotatable bonds is 7. The Kier molecular flexibility index (Phi) is 7.24. The van der Waals surface area contributed by atoms with Crippen LogP contribution in [0.1, 0.15) is 54.4 Å². The summed E-state index contributed by atoms with van der Waals surface area (Å²) in [5, 5.41) is 2.95. The fourth-order valence-electron chi connectivity index (χ4n) is 6.77. The van der Waals surface area contributed by atoms with Gasteiger partial charge in [-0.15, -0.1) is 0 Å². The molecule has 210 valence electrons. The molecule has 1 heterocycles. The topological polar surface area (TPSA) is 92.8 Å². The highest BCUT2D eigenvalue weighted by Gasteiger charge is 2.63. The Morgan fingerprint density at radius 2 is 1.41 bits per heavy atom. The van der Waals surface area contributed by atoms with Gasteiger partial charge >= 0.3 is 5.97 Å². The maximum Gasteiger partial charge on any atom is 0.329 e. The zero-order valence-electron chi connectivity index (χ0n) is 22.5. The summed E-state index contributed by atoms with van der Waals surface area (Å²) in [6.45, 7) is 3.25. The van der Waals surface area contributed by atoms with E-state index in [1.165, 1.54) is 0 Å². The first-order valence-corrected chi connectivity index (χ1v) is 14.8. The van der Waals surface area contributed by atoms with E-state index in [2.05, 4.69) is 21.2 Å². The number of ether oxygens (including phenoxy) is 1. The van der Waals surface area contributed by atoms with Crippen LogP contribution in [-0.2, 0) is 23.9 Å². The number of likely N-dealkylation sites (tertiary alicyclic amines) is 1. The van der Waals surface area contributed by atoms with Crippen molar-refractivity contribution >= 4 is 56.9 Å². The van der Waals surface area contributed by atoms with E-state index in [1.54, 1.807) is 18.2 Å². The molecule has 9 heteroatoms. The Morgan fingerprint density at radius 1 is 0.902 bits per heavy atom. The summed E-state index contributed by atoms with van der Waals surface area (Å²) in [5.41, 5.74) is 4.62.